The van der Waals surface area contributed by atoms with Crippen molar-refractivity contribution in [1.29, 1.82) is 0 Å². The molecule has 1 aromatic carbocycles. The van der Waals surface area contributed by atoms with Crippen LogP contribution in [0.1, 0.15) is 18.5 Å². The molecule has 7 nitrogen and oxygen atoms in total. The number of carbonyl (C=O) groups is 1. The first-order chi connectivity index (χ1) is 14.2. The minimum absolute atomic E-state index is 0.121. The van der Waals surface area contributed by atoms with E-state index in [0.717, 1.165) is 43.2 Å². The summed E-state index contributed by atoms with van der Waals surface area (Å²) in [7, 11) is 0. The highest BCUT2D eigenvalue weighted by atomic mass is 32.1. The van der Waals surface area contributed by atoms with Crippen molar-refractivity contribution in [1.82, 2.24) is 25.2 Å². The molecule has 150 valence electrons. The van der Waals surface area contributed by atoms with Gasteiger partial charge in [0.05, 0.1) is 5.69 Å². The van der Waals surface area contributed by atoms with Crippen molar-refractivity contribution in [3.05, 3.63) is 59.6 Å². The van der Waals surface area contributed by atoms with E-state index in [0.29, 0.717) is 11.5 Å². The van der Waals surface area contributed by atoms with E-state index < -0.39 is 0 Å². The van der Waals surface area contributed by atoms with Gasteiger partial charge in [-0.05, 0) is 43.2 Å². The number of nitrogens with zero attached hydrogens (tertiary/aromatic N) is 4. The predicted octanol–water partition coefficient (Wildman–Crippen LogP) is 3.53. The van der Waals surface area contributed by atoms with Gasteiger partial charge in [-0.1, -0.05) is 0 Å². The van der Waals surface area contributed by atoms with Crippen LogP contribution >= 0.6 is 11.3 Å². The van der Waals surface area contributed by atoms with Gasteiger partial charge in [-0.25, -0.2) is 24.1 Å². The second-order valence-electron chi connectivity index (χ2n) is 6.87. The fourth-order valence-electron chi connectivity index (χ4n) is 3.24. The van der Waals surface area contributed by atoms with Crippen molar-refractivity contribution in [2.45, 2.75) is 25.4 Å². The maximum atomic E-state index is 12.9. The van der Waals surface area contributed by atoms with Crippen molar-refractivity contribution < 1.29 is 9.18 Å². The molecule has 1 aliphatic heterocycles. The highest BCUT2D eigenvalue weighted by Gasteiger charge is 2.21. The lowest BCUT2D eigenvalue weighted by molar-refractivity contribution is 0.188. The lowest BCUT2D eigenvalue weighted by Gasteiger charge is -2.31. The summed E-state index contributed by atoms with van der Waals surface area (Å²) in [6, 6.07) is 7.37. The van der Waals surface area contributed by atoms with Crippen LogP contribution in [0.2, 0.25) is 0 Å². The lowest BCUT2D eigenvalue weighted by atomic mass is 10.1. The summed E-state index contributed by atoms with van der Waals surface area (Å²) in [5.41, 5.74) is 1.58. The van der Waals surface area contributed by atoms with Gasteiger partial charge in [0.15, 0.2) is 10.8 Å². The van der Waals surface area contributed by atoms with Crippen LogP contribution in [0.3, 0.4) is 0 Å². The zero-order chi connectivity index (χ0) is 20.1. The van der Waals surface area contributed by atoms with Crippen LogP contribution in [-0.2, 0) is 6.54 Å². The van der Waals surface area contributed by atoms with E-state index in [2.05, 4.69) is 30.5 Å². The molecular formula is C20H21FN6OS. The number of hydrogen-bond donors (Lipinski definition) is 2. The summed E-state index contributed by atoms with van der Waals surface area (Å²) in [5, 5.41) is 8.60. The Labute approximate surface area is 172 Å². The van der Waals surface area contributed by atoms with Crippen molar-refractivity contribution in [2.24, 2.45) is 0 Å². The smallest absolute Gasteiger partial charge is 0.319 e. The van der Waals surface area contributed by atoms with E-state index in [9.17, 15) is 9.18 Å². The Kier molecular flexibility index (Phi) is 6.06. The summed E-state index contributed by atoms with van der Waals surface area (Å²) in [6.07, 6.45) is 5.17. The van der Waals surface area contributed by atoms with Gasteiger partial charge in [0.1, 0.15) is 5.82 Å². The van der Waals surface area contributed by atoms with E-state index in [1.165, 1.54) is 12.1 Å². The minimum atomic E-state index is -0.327. The van der Waals surface area contributed by atoms with E-state index in [1.807, 2.05) is 5.38 Å². The Morgan fingerprint density at radius 2 is 1.90 bits per heavy atom. The molecule has 4 rings (SSSR count). The summed E-state index contributed by atoms with van der Waals surface area (Å²) >= 11 is 1.55. The number of rotatable bonds is 5. The fourth-order valence-corrected chi connectivity index (χ4v) is 4.00. The number of thiazole rings is 1. The van der Waals surface area contributed by atoms with Crippen molar-refractivity contribution in [3.63, 3.8) is 0 Å². The lowest BCUT2D eigenvalue weighted by Crippen LogP contribution is -2.45. The normalized spacial score (nSPS) is 15.2. The first-order valence-corrected chi connectivity index (χ1v) is 10.3. The standard InChI is InChI=1S/C20H21FN6OS/c21-14-2-4-15(5-3-14)25-20(28)26-16-6-10-27(11-7-16)12-17-13-29-19(24-17)18-22-8-1-9-23-18/h1-5,8-9,13,16H,6-7,10-12H2,(H2,25,26,28). The van der Waals surface area contributed by atoms with E-state index in [1.54, 1.807) is 41.9 Å². The van der Waals surface area contributed by atoms with Crippen molar-refractivity contribution in [3.8, 4) is 10.8 Å². The molecule has 0 spiro atoms. The molecule has 3 heterocycles. The summed E-state index contributed by atoms with van der Waals surface area (Å²) in [4.78, 5) is 27.6. The molecule has 1 fully saturated rings. The molecule has 2 aromatic heterocycles. The number of hydrogen-bond acceptors (Lipinski definition) is 6. The highest BCUT2D eigenvalue weighted by Crippen LogP contribution is 2.21. The van der Waals surface area contributed by atoms with Gasteiger partial charge in [0, 0.05) is 49.1 Å². The number of benzene rings is 1. The molecule has 2 amide bonds. The molecule has 2 N–H and O–H groups in total. The molecule has 0 atom stereocenters. The van der Waals surface area contributed by atoms with Gasteiger partial charge < -0.3 is 10.6 Å². The average molecular weight is 412 g/mol. The molecule has 9 heteroatoms. The summed E-state index contributed by atoms with van der Waals surface area (Å²) in [6.45, 7) is 2.55. The second-order valence-corrected chi connectivity index (χ2v) is 7.73. The molecule has 0 unspecified atom stereocenters. The Hall–Kier alpha value is -2.91. The number of urea groups is 1. The monoisotopic (exact) mass is 412 g/mol. The number of halogens is 1. The van der Waals surface area contributed by atoms with Crippen LogP contribution in [-0.4, -0.2) is 45.0 Å². The van der Waals surface area contributed by atoms with Gasteiger partial charge in [-0.15, -0.1) is 11.3 Å². The molecule has 1 saturated heterocycles. The SMILES string of the molecule is O=C(Nc1ccc(F)cc1)NC1CCN(Cc2csc(-c3ncccn3)n2)CC1. The third-order valence-corrected chi connectivity index (χ3v) is 5.61. The summed E-state index contributed by atoms with van der Waals surface area (Å²) < 4.78 is 12.9. The predicted molar refractivity (Wildman–Crippen MR) is 110 cm³/mol. The Morgan fingerprint density at radius 3 is 2.62 bits per heavy atom. The van der Waals surface area contributed by atoms with E-state index in [-0.39, 0.29) is 17.9 Å². The molecule has 29 heavy (non-hydrogen) atoms. The first-order valence-electron chi connectivity index (χ1n) is 9.43. The van der Waals surface area contributed by atoms with Crippen LogP contribution in [0, 0.1) is 5.82 Å². The fraction of sp³-hybridized carbons (Fsp3) is 0.300. The Balaban J connectivity index is 1.23. The molecule has 3 aromatic rings. The maximum Gasteiger partial charge on any atom is 0.319 e. The molecule has 0 bridgehead atoms. The van der Waals surface area contributed by atoms with Crippen LogP contribution in [0.5, 0.6) is 0 Å². The number of amides is 2. The van der Waals surface area contributed by atoms with Crippen LogP contribution in [0.4, 0.5) is 14.9 Å². The van der Waals surface area contributed by atoms with Crippen molar-refractivity contribution in [2.75, 3.05) is 18.4 Å². The molecular weight excluding hydrogens is 391 g/mol. The Morgan fingerprint density at radius 1 is 1.17 bits per heavy atom. The molecule has 0 radical (unpaired) electrons. The largest absolute Gasteiger partial charge is 0.335 e. The zero-order valence-electron chi connectivity index (χ0n) is 15.7. The van der Waals surface area contributed by atoms with Gasteiger partial charge in [0.2, 0.25) is 0 Å². The van der Waals surface area contributed by atoms with E-state index in [4.69, 9.17) is 0 Å². The number of aromatic nitrogens is 3. The quantitative estimate of drug-likeness (QED) is 0.670. The van der Waals surface area contributed by atoms with Crippen LogP contribution < -0.4 is 10.6 Å². The van der Waals surface area contributed by atoms with Gasteiger partial charge in [-0.2, -0.15) is 0 Å². The highest BCUT2D eigenvalue weighted by molar-refractivity contribution is 7.13. The number of nitrogens with one attached hydrogen (secondary N) is 2. The number of anilines is 1. The first kappa shape index (κ1) is 19.4. The van der Waals surface area contributed by atoms with Crippen molar-refractivity contribution >= 4 is 23.1 Å². The van der Waals surface area contributed by atoms with Gasteiger partial charge >= 0.3 is 6.03 Å². The third-order valence-electron chi connectivity index (χ3n) is 4.72. The van der Waals surface area contributed by atoms with Gasteiger partial charge in [0.25, 0.3) is 0 Å². The molecule has 1 aliphatic rings. The topological polar surface area (TPSA) is 83.0 Å². The average Bonchev–Trinajstić information content (AvgIpc) is 3.20. The van der Waals surface area contributed by atoms with Crippen LogP contribution in [0.15, 0.2) is 48.1 Å². The minimum Gasteiger partial charge on any atom is -0.335 e. The number of piperidine rings is 1. The zero-order valence-corrected chi connectivity index (χ0v) is 16.5. The molecule has 0 saturated carbocycles. The van der Waals surface area contributed by atoms with Crippen LogP contribution in [0.25, 0.3) is 10.8 Å². The molecule has 0 aliphatic carbocycles. The third kappa shape index (κ3) is 5.33. The summed E-state index contributed by atoms with van der Waals surface area (Å²) in [5.74, 6) is 0.325. The second kappa shape index (κ2) is 9.06. The maximum absolute atomic E-state index is 12.9. The van der Waals surface area contributed by atoms with E-state index >= 15 is 0 Å². The number of likely N-dealkylation sites (tertiary alicyclic amines) is 1. The number of carbonyl (C=O) groups excluding carboxylic acids is 1. The van der Waals surface area contributed by atoms with Gasteiger partial charge in [-0.3, -0.25) is 4.90 Å². The Bertz CT molecular complexity index is 941.